The molecule has 0 aliphatic rings. The summed E-state index contributed by atoms with van der Waals surface area (Å²) in [5.41, 5.74) is -2.97. The van der Waals surface area contributed by atoms with Crippen LogP contribution in [0.3, 0.4) is 0 Å². The molecule has 0 spiro atoms. The normalized spacial score (nSPS) is 12.8. The summed E-state index contributed by atoms with van der Waals surface area (Å²) in [6.45, 7) is -0.297. The van der Waals surface area contributed by atoms with E-state index < -0.39 is 64.5 Å². The van der Waals surface area contributed by atoms with Crippen molar-refractivity contribution in [3.63, 3.8) is 0 Å². The minimum Gasteiger partial charge on any atom is -0.347 e. The van der Waals surface area contributed by atoms with Gasteiger partial charge < -0.3 is 5.32 Å². The molecule has 0 atom stereocenters. The Kier molecular flexibility index (Phi) is 7.43. The molecule has 3 aromatic rings. The van der Waals surface area contributed by atoms with E-state index in [-0.39, 0.29) is 11.4 Å². The number of carbonyl (C=O) groups excluding carboxylic acids is 1. The predicted molar refractivity (Wildman–Crippen MR) is 117 cm³/mol. The van der Waals surface area contributed by atoms with Gasteiger partial charge in [-0.05, 0) is 42.0 Å². The number of rotatable bonds is 6. The van der Waals surface area contributed by atoms with Crippen LogP contribution in [-0.2, 0) is 38.6 Å². The van der Waals surface area contributed by atoms with Crippen LogP contribution in [0, 0.1) is 0 Å². The maximum atomic E-state index is 12.9. The number of alkyl halides is 6. The minimum absolute atomic E-state index is 0.296. The van der Waals surface area contributed by atoms with E-state index in [1.807, 2.05) is 0 Å². The highest BCUT2D eigenvalue weighted by Crippen LogP contribution is 2.32. The molecule has 0 aliphatic carbocycles. The second kappa shape index (κ2) is 9.78. The third-order valence-corrected chi connectivity index (χ3v) is 7.83. The first-order valence-corrected chi connectivity index (χ1v) is 13.3. The summed E-state index contributed by atoms with van der Waals surface area (Å²) in [6.07, 6.45) is -8.70. The van der Waals surface area contributed by atoms with Crippen LogP contribution in [-0.4, -0.2) is 34.0 Å². The van der Waals surface area contributed by atoms with E-state index in [1.165, 1.54) is 12.1 Å². The van der Waals surface area contributed by atoms with Gasteiger partial charge >= 0.3 is 12.4 Å². The van der Waals surface area contributed by atoms with Crippen LogP contribution in [0.25, 0.3) is 0 Å². The number of amides is 1. The Morgan fingerprint density at radius 3 is 1.97 bits per heavy atom. The standard InChI is InChI=1S/C22H16F6N2O5S2/c1-36(32,33)18-10-15(22(26,27)28)12-29-19(18)20(31)30-11-13-5-7-16(8-6-13)37(34,35)17-4-2-3-14(9-17)21(23,24)25/h2-10,12H,11H2,1H3,(H,30,31). The van der Waals surface area contributed by atoms with Crippen LogP contribution in [0.15, 0.2) is 75.5 Å². The molecule has 2 aromatic carbocycles. The lowest BCUT2D eigenvalue weighted by Gasteiger charge is -2.12. The molecule has 1 aromatic heterocycles. The molecule has 15 heteroatoms. The first kappa shape index (κ1) is 28.1. The topological polar surface area (TPSA) is 110 Å². The lowest BCUT2D eigenvalue weighted by Crippen LogP contribution is -2.26. The fourth-order valence-electron chi connectivity index (χ4n) is 3.08. The maximum Gasteiger partial charge on any atom is 0.417 e. The third-order valence-electron chi connectivity index (χ3n) is 4.95. The van der Waals surface area contributed by atoms with Gasteiger partial charge in [-0.2, -0.15) is 26.3 Å². The number of halogens is 6. The number of benzene rings is 2. The predicted octanol–water partition coefficient (Wildman–Crippen LogP) is 4.29. The summed E-state index contributed by atoms with van der Waals surface area (Å²) in [5, 5.41) is 2.28. The van der Waals surface area contributed by atoms with Gasteiger partial charge in [0.2, 0.25) is 9.84 Å². The first-order chi connectivity index (χ1) is 16.9. The largest absolute Gasteiger partial charge is 0.417 e. The summed E-state index contributed by atoms with van der Waals surface area (Å²) < 4.78 is 127. The van der Waals surface area contributed by atoms with Crippen molar-refractivity contribution in [2.24, 2.45) is 0 Å². The molecule has 0 fully saturated rings. The molecule has 3 rings (SSSR count). The molecule has 0 saturated carbocycles. The number of nitrogens with one attached hydrogen (secondary N) is 1. The van der Waals surface area contributed by atoms with Gasteiger partial charge in [0.15, 0.2) is 9.84 Å². The van der Waals surface area contributed by atoms with Crippen molar-refractivity contribution >= 4 is 25.6 Å². The zero-order chi connectivity index (χ0) is 27.8. The van der Waals surface area contributed by atoms with E-state index in [4.69, 9.17) is 0 Å². The monoisotopic (exact) mass is 566 g/mol. The van der Waals surface area contributed by atoms with E-state index >= 15 is 0 Å². The number of hydrogen-bond acceptors (Lipinski definition) is 6. The Hall–Kier alpha value is -3.46. The number of hydrogen-bond donors (Lipinski definition) is 1. The highest BCUT2D eigenvalue weighted by atomic mass is 32.2. The van der Waals surface area contributed by atoms with Gasteiger partial charge in [-0.15, -0.1) is 0 Å². The van der Waals surface area contributed by atoms with Gasteiger partial charge in [0.1, 0.15) is 5.69 Å². The van der Waals surface area contributed by atoms with Crippen molar-refractivity contribution in [1.29, 1.82) is 0 Å². The highest BCUT2D eigenvalue weighted by molar-refractivity contribution is 7.91. The molecule has 1 N–H and O–H groups in total. The smallest absolute Gasteiger partial charge is 0.347 e. The van der Waals surface area contributed by atoms with Gasteiger partial charge in [-0.1, -0.05) is 18.2 Å². The van der Waals surface area contributed by atoms with Gasteiger partial charge in [0.25, 0.3) is 5.91 Å². The average Bonchev–Trinajstić information content (AvgIpc) is 2.81. The highest BCUT2D eigenvalue weighted by Gasteiger charge is 2.34. The van der Waals surface area contributed by atoms with Crippen molar-refractivity contribution in [3.05, 3.63) is 83.2 Å². The lowest BCUT2D eigenvalue weighted by molar-refractivity contribution is -0.138. The zero-order valence-electron chi connectivity index (χ0n) is 18.6. The summed E-state index contributed by atoms with van der Waals surface area (Å²) in [6, 6.07) is 8.17. The number of carbonyl (C=O) groups is 1. The molecular formula is C22H16F6N2O5S2. The summed E-state index contributed by atoms with van der Waals surface area (Å²) >= 11 is 0. The van der Waals surface area contributed by atoms with Crippen LogP contribution >= 0.6 is 0 Å². The van der Waals surface area contributed by atoms with E-state index in [2.05, 4.69) is 10.3 Å². The molecule has 0 saturated heterocycles. The maximum absolute atomic E-state index is 12.9. The Bertz CT molecular complexity index is 1550. The van der Waals surface area contributed by atoms with Crippen molar-refractivity contribution in [2.75, 3.05) is 6.26 Å². The molecule has 1 heterocycles. The summed E-state index contributed by atoms with van der Waals surface area (Å²) in [5.74, 6) is -1.10. The number of nitrogens with zero attached hydrogens (tertiary/aromatic N) is 1. The second-order valence-corrected chi connectivity index (χ2v) is 11.6. The van der Waals surface area contributed by atoms with Gasteiger partial charge in [0, 0.05) is 19.0 Å². The lowest BCUT2D eigenvalue weighted by atomic mass is 10.2. The Morgan fingerprint density at radius 1 is 0.838 bits per heavy atom. The molecule has 7 nitrogen and oxygen atoms in total. The molecule has 0 unspecified atom stereocenters. The van der Waals surface area contributed by atoms with E-state index in [0.717, 1.165) is 30.3 Å². The number of aromatic nitrogens is 1. The van der Waals surface area contributed by atoms with Gasteiger partial charge in [0.05, 0.1) is 25.8 Å². The van der Waals surface area contributed by atoms with Crippen LogP contribution in [0.4, 0.5) is 26.3 Å². The Balaban J connectivity index is 1.80. The zero-order valence-corrected chi connectivity index (χ0v) is 20.2. The quantitative estimate of drug-likeness (QED) is 0.446. The van der Waals surface area contributed by atoms with Crippen molar-refractivity contribution in [1.82, 2.24) is 10.3 Å². The molecule has 0 bridgehead atoms. The summed E-state index contributed by atoms with van der Waals surface area (Å²) in [4.78, 5) is 14.0. The summed E-state index contributed by atoms with van der Waals surface area (Å²) in [7, 11) is -8.57. The molecule has 37 heavy (non-hydrogen) atoms. The van der Waals surface area contributed by atoms with Crippen LogP contribution in [0.5, 0.6) is 0 Å². The Morgan fingerprint density at radius 2 is 1.43 bits per heavy atom. The molecule has 0 aliphatic heterocycles. The minimum atomic E-state index is -4.89. The molecule has 0 radical (unpaired) electrons. The van der Waals surface area contributed by atoms with E-state index in [0.29, 0.717) is 30.1 Å². The average molecular weight is 567 g/mol. The van der Waals surface area contributed by atoms with Crippen LogP contribution in [0.2, 0.25) is 0 Å². The molecular weight excluding hydrogens is 550 g/mol. The van der Waals surface area contributed by atoms with Crippen molar-refractivity contribution in [2.45, 2.75) is 33.6 Å². The fourth-order valence-corrected chi connectivity index (χ4v) is 5.23. The first-order valence-electron chi connectivity index (χ1n) is 9.97. The fraction of sp³-hybridized carbons (Fsp3) is 0.182. The van der Waals surface area contributed by atoms with Crippen molar-refractivity contribution in [3.8, 4) is 0 Å². The van der Waals surface area contributed by atoms with Crippen LogP contribution < -0.4 is 5.32 Å². The van der Waals surface area contributed by atoms with Crippen LogP contribution in [0.1, 0.15) is 27.2 Å². The third kappa shape index (κ3) is 6.46. The van der Waals surface area contributed by atoms with Gasteiger partial charge in [-0.3, -0.25) is 4.79 Å². The van der Waals surface area contributed by atoms with Crippen molar-refractivity contribution < 1.29 is 48.0 Å². The second-order valence-electron chi connectivity index (χ2n) is 7.70. The number of sulfone groups is 2. The molecule has 198 valence electrons. The van der Waals surface area contributed by atoms with E-state index in [1.54, 1.807) is 0 Å². The number of pyridine rings is 1. The molecule has 1 amide bonds. The van der Waals surface area contributed by atoms with Gasteiger partial charge in [-0.25, -0.2) is 21.8 Å². The van der Waals surface area contributed by atoms with E-state index in [9.17, 15) is 48.0 Å². The Labute approximate surface area is 207 Å². The SMILES string of the molecule is CS(=O)(=O)c1cc(C(F)(F)F)cnc1C(=O)NCc1ccc(S(=O)(=O)c2cccc(C(F)(F)F)c2)cc1.